The molecular formula is C16H11F3N2O3. The fourth-order valence-electron chi connectivity index (χ4n) is 2.26. The number of carbonyl (C=O) groups is 1. The number of amides is 1. The van der Waals surface area contributed by atoms with Gasteiger partial charge in [0, 0.05) is 24.7 Å². The van der Waals surface area contributed by atoms with E-state index in [1.807, 2.05) is 0 Å². The molecule has 3 aromatic rings. The molecule has 5 nitrogen and oxygen atoms in total. The zero-order chi connectivity index (χ0) is 17.3. The van der Waals surface area contributed by atoms with Crippen molar-refractivity contribution in [2.45, 2.75) is 6.54 Å². The zero-order valence-electron chi connectivity index (χ0n) is 12.2. The topological polar surface area (TPSA) is 64.2 Å². The minimum Gasteiger partial charge on any atom is -0.459 e. The van der Waals surface area contributed by atoms with Crippen molar-refractivity contribution in [3.05, 3.63) is 70.1 Å². The maximum Gasteiger partial charge on any atom is 0.294 e. The second-order valence-corrected chi connectivity index (χ2v) is 5.00. The molecule has 1 amide bonds. The summed E-state index contributed by atoms with van der Waals surface area (Å²) in [6, 6.07) is 4.85. The third-order valence-electron chi connectivity index (χ3n) is 3.50. The number of hydrogen-bond donors (Lipinski definition) is 1. The molecule has 0 spiro atoms. The van der Waals surface area contributed by atoms with Crippen LogP contribution in [0.3, 0.4) is 0 Å². The van der Waals surface area contributed by atoms with Crippen molar-refractivity contribution < 1.29 is 22.4 Å². The molecule has 0 unspecified atom stereocenters. The maximum absolute atomic E-state index is 13.5. The van der Waals surface area contributed by atoms with E-state index in [1.54, 1.807) is 12.1 Å². The molecule has 1 aromatic carbocycles. The Hall–Kier alpha value is -3.03. The second kappa shape index (κ2) is 6.23. The third-order valence-corrected chi connectivity index (χ3v) is 3.50. The van der Waals surface area contributed by atoms with Crippen LogP contribution in [-0.4, -0.2) is 17.0 Å². The molecule has 0 fully saturated rings. The molecule has 0 aliphatic carbocycles. The highest BCUT2D eigenvalue weighted by Crippen LogP contribution is 2.15. The molecule has 3 rings (SSSR count). The van der Waals surface area contributed by atoms with Crippen LogP contribution in [0.2, 0.25) is 0 Å². The van der Waals surface area contributed by atoms with Gasteiger partial charge in [0.1, 0.15) is 0 Å². The quantitative estimate of drug-likeness (QED) is 0.745. The fraction of sp³-hybridized carbons (Fsp3) is 0.125. The number of furan rings is 1. The van der Waals surface area contributed by atoms with Gasteiger partial charge >= 0.3 is 0 Å². The van der Waals surface area contributed by atoms with Crippen molar-refractivity contribution in [2.24, 2.45) is 0 Å². The van der Waals surface area contributed by atoms with Crippen LogP contribution in [0.1, 0.15) is 10.4 Å². The first-order chi connectivity index (χ1) is 11.5. The molecular weight excluding hydrogens is 325 g/mol. The summed E-state index contributed by atoms with van der Waals surface area (Å²) in [6.45, 7) is 0.0932. The smallest absolute Gasteiger partial charge is 0.294 e. The van der Waals surface area contributed by atoms with Gasteiger partial charge in [0.2, 0.25) is 0 Å². The summed E-state index contributed by atoms with van der Waals surface area (Å²) in [5.74, 6) is -5.54. The lowest BCUT2D eigenvalue weighted by atomic mass is 10.2. The molecule has 24 heavy (non-hydrogen) atoms. The molecule has 0 aliphatic heterocycles. The van der Waals surface area contributed by atoms with Gasteiger partial charge in [-0.05, 0) is 24.3 Å². The van der Waals surface area contributed by atoms with Crippen LogP contribution in [0.25, 0.3) is 11.0 Å². The Labute approximate surface area is 133 Å². The molecule has 2 aromatic heterocycles. The monoisotopic (exact) mass is 336 g/mol. The van der Waals surface area contributed by atoms with Crippen molar-refractivity contribution in [3.8, 4) is 0 Å². The van der Waals surface area contributed by atoms with Gasteiger partial charge in [0.25, 0.3) is 11.5 Å². The minimum atomic E-state index is -1.71. The van der Waals surface area contributed by atoms with Gasteiger partial charge < -0.3 is 14.3 Å². The van der Waals surface area contributed by atoms with Crippen molar-refractivity contribution >= 4 is 16.9 Å². The van der Waals surface area contributed by atoms with Crippen molar-refractivity contribution in [1.82, 2.24) is 9.88 Å². The van der Waals surface area contributed by atoms with E-state index in [2.05, 4.69) is 5.32 Å². The lowest BCUT2D eigenvalue weighted by Gasteiger charge is -2.08. The number of rotatable bonds is 4. The summed E-state index contributed by atoms with van der Waals surface area (Å²) in [5.41, 5.74) is -0.788. The van der Waals surface area contributed by atoms with Gasteiger partial charge in [0.15, 0.2) is 23.0 Å². The Bertz CT molecular complexity index is 978. The molecule has 0 saturated carbocycles. The van der Waals surface area contributed by atoms with Crippen molar-refractivity contribution in [2.75, 3.05) is 6.54 Å². The number of benzene rings is 1. The summed E-state index contributed by atoms with van der Waals surface area (Å²) < 4.78 is 45.9. The van der Waals surface area contributed by atoms with E-state index in [4.69, 9.17) is 4.42 Å². The maximum atomic E-state index is 13.5. The predicted octanol–water partition coefficient (Wildman–Crippen LogP) is 2.44. The number of carbonyl (C=O) groups excluding carboxylic acids is 1. The van der Waals surface area contributed by atoms with Gasteiger partial charge in [-0.25, -0.2) is 13.2 Å². The average molecular weight is 336 g/mol. The van der Waals surface area contributed by atoms with Gasteiger partial charge in [-0.3, -0.25) is 9.59 Å². The molecule has 0 atom stereocenters. The van der Waals surface area contributed by atoms with Crippen LogP contribution in [0.15, 0.2) is 45.9 Å². The first-order valence-electron chi connectivity index (χ1n) is 6.97. The van der Waals surface area contributed by atoms with Crippen LogP contribution in [0, 0.1) is 17.5 Å². The first kappa shape index (κ1) is 15.9. The fourth-order valence-corrected chi connectivity index (χ4v) is 2.26. The van der Waals surface area contributed by atoms with E-state index in [1.165, 1.54) is 17.0 Å². The standard InChI is InChI=1S/C16H11F3N2O3/c17-11-2-1-10(12(18)13(11)19)15(22)20-5-7-21-6-3-9-4-8-24-14(9)16(21)23/h1-4,6,8H,5,7H2,(H,20,22). The average Bonchev–Trinajstić information content (AvgIpc) is 3.04. The number of aromatic nitrogens is 1. The van der Waals surface area contributed by atoms with E-state index in [0.29, 0.717) is 11.5 Å². The molecule has 2 heterocycles. The number of fused-ring (bicyclic) bond motifs is 1. The van der Waals surface area contributed by atoms with E-state index in [9.17, 15) is 22.8 Å². The SMILES string of the molecule is O=C(NCCn1ccc2ccoc2c1=O)c1ccc(F)c(F)c1F. The largest absolute Gasteiger partial charge is 0.459 e. The Morgan fingerprint density at radius 3 is 2.71 bits per heavy atom. The highest BCUT2D eigenvalue weighted by atomic mass is 19.2. The number of nitrogens with one attached hydrogen (secondary N) is 1. The van der Waals surface area contributed by atoms with Gasteiger partial charge in [0.05, 0.1) is 11.8 Å². The summed E-state index contributed by atoms with van der Waals surface area (Å²) in [4.78, 5) is 23.9. The zero-order valence-corrected chi connectivity index (χ0v) is 12.2. The van der Waals surface area contributed by atoms with Crippen LogP contribution < -0.4 is 10.9 Å². The van der Waals surface area contributed by atoms with Gasteiger partial charge in [-0.1, -0.05) is 0 Å². The van der Waals surface area contributed by atoms with Crippen LogP contribution in [0.5, 0.6) is 0 Å². The van der Waals surface area contributed by atoms with Gasteiger partial charge in [-0.15, -0.1) is 0 Å². The molecule has 0 radical (unpaired) electrons. The number of hydrogen-bond acceptors (Lipinski definition) is 3. The number of halogens is 3. The summed E-state index contributed by atoms with van der Waals surface area (Å²) in [6.07, 6.45) is 2.93. The Morgan fingerprint density at radius 2 is 1.92 bits per heavy atom. The molecule has 124 valence electrons. The summed E-state index contributed by atoms with van der Waals surface area (Å²) in [5, 5.41) is 3.00. The lowest BCUT2D eigenvalue weighted by Crippen LogP contribution is -2.31. The van der Waals surface area contributed by atoms with Crippen LogP contribution in [0.4, 0.5) is 13.2 Å². The highest BCUT2D eigenvalue weighted by Gasteiger charge is 2.18. The van der Waals surface area contributed by atoms with Gasteiger partial charge in [-0.2, -0.15) is 0 Å². The molecule has 8 heteroatoms. The second-order valence-electron chi connectivity index (χ2n) is 5.00. The molecule has 0 aliphatic rings. The highest BCUT2D eigenvalue weighted by molar-refractivity contribution is 5.94. The van der Waals surface area contributed by atoms with E-state index in [-0.39, 0.29) is 24.2 Å². The number of nitrogens with zero attached hydrogens (tertiary/aromatic N) is 1. The van der Waals surface area contributed by atoms with Crippen LogP contribution in [-0.2, 0) is 6.54 Å². The predicted molar refractivity (Wildman–Crippen MR) is 79.1 cm³/mol. The third kappa shape index (κ3) is 2.78. The van der Waals surface area contributed by atoms with E-state index in [0.717, 1.165) is 6.07 Å². The molecule has 1 N–H and O–H groups in total. The Kier molecular flexibility index (Phi) is 4.11. The molecule has 0 saturated heterocycles. The Morgan fingerprint density at radius 1 is 1.12 bits per heavy atom. The van der Waals surface area contributed by atoms with E-state index >= 15 is 0 Å². The number of pyridine rings is 1. The molecule has 0 bridgehead atoms. The Balaban J connectivity index is 1.69. The summed E-state index contributed by atoms with van der Waals surface area (Å²) >= 11 is 0. The minimum absolute atomic E-state index is 0.0105. The summed E-state index contributed by atoms with van der Waals surface area (Å²) in [7, 11) is 0. The normalized spacial score (nSPS) is 11.0. The lowest BCUT2D eigenvalue weighted by molar-refractivity contribution is 0.0947. The van der Waals surface area contributed by atoms with Crippen molar-refractivity contribution in [3.63, 3.8) is 0 Å². The van der Waals surface area contributed by atoms with Crippen molar-refractivity contribution in [1.29, 1.82) is 0 Å². The first-order valence-corrected chi connectivity index (χ1v) is 6.97. The van der Waals surface area contributed by atoms with Crippen LogP contribution >= 0.6 is 0 Å². The van der Waals surface area contributed by atoms with E-state index < -0.39 is 28.9 Å².